The molecule has 1 heterocycles. The summed E-state index contributed by atoms with van der Waals surface area (Å²) in [7, 11) is 3.86. The van der Waals surface area contributed by atoms with E-state index in [4.69, 9.17) is 9.73 Å². The molecule has 2 aromatic rings. The second kappa shape index (κ2) is 9.46. The smallest absolute Gasteiger partial charge is 0.194 e. The molecule has 0 aliphatic rings. The van der Waals surface area contributed by atoms with Gasteiger partial charge in [-0.2, -0.15) is 5.10 Å². The van der Waals surface area contributed by atoms with Gasteiger partial charge in [-0.15, -0.1) is 0 Å². The topological polar surface area (TPSA) is 67.6 Å². The molecule has 1 aromatic carbocycles. The molecule has 0 fully saturated rings. The van der Waals surface area contributed by atoms with Crippen LogP contribution in [0.2, 0.25) is 0 Å². The SMILES string of the molecule is C=CCOc1ccccc1CN=C(NCC)N(C)Cc1ncnn1C. The molecule has 2 rings (SSSR count). The lowest BCUT2D eigenvalue weighted by Crippen LogP contribution is -2.39. The molecule has 0 spiro atoms. The van der Waals surface area contributed by atoms with Gasteiger partial charge in [0.1, 0.15) is 24.5 Å². The molecule has 134 valence electrons. The highest BCUT2D eigenvalue weighted by atomic mass is 16.5. The number of hydrogen-bond acceptors (Lipinski definition) is 4. The Hall–Kier alpha value is -2.83. The molecule has 0 saturated carbocycles. The lowest BCUT2D eigenvalue weighted by atomic mass is 10.2. The predicted octanol–water partition coefficient (Wildman–Crippen LogP) is 1.98. The van der Waals surface area contributed by atoms with E-state index in [9.17, 15) is 0 Å². The fraction of sp³-hybridized carbons (Fsp3) is 0.389. The van der Waals surface area contributed by atoms with Crippen LogP contribution in [0.5, 0.6) is 5.75 Å². The summed E-state index contributed by atoms with van der Waals surface area (Å²) >= 11 is 0. The minimum atomic E-state index is 0.479. The average molecular weight is 342 g/mol. The lowest BCUT2D eigenvalue weighted by molar-refractivity contribution is 0.359. The fourth-order valence-corrected chi connectivity index (χ4v) is 2.30. The van der Waals surface area contributed by atoms with Gasteiger partial charge in [0.15, 0.2) is 5.96 Å². The number of nitrogens with zero attached hydrogens (tertiary/aromatic N) is 5. The second-order valence-corrected chi connectivity index (χ2v) is 5.53. The molecule has 0 unspecified atom stereocenters. The van der Waals surface area contributed by atoms with E-state index in [1.165, 1.54) is 0 Å². The van der Waals surface area contributed by atoms with Crippen molar-refractivity contribution in [1.82, 2.24) is 25.0 Å². The molecule has 7 heteroatoms. The van der Waals surface area contributed by atoms with E-state index in [2.05, 4.69) is 22.0 Å². The van der Waals surface area contributed by atoms with Crippen LogP contribution in [0.1, 0.15) is 18.3 Å². The zero-order chi connectivity index (χ0) is 18.1. The van der Waals surface area contributed by atoms with Crippen molar-refractivity contribution in [1.29, 1.82) is 0 Å². The van der Waals surface area contributed by atoms with Crippen molar-refractivity contribution in [2.75, 3.05) is 20.2 Å². The van der Waals surface area contributed by atoms with Gasteiger partial charge in [-0.1, -0.05) is 30.9 Å². The molecular formula is C18H26N6O. The van der Waals surface area contributed by atoms with E-state index in [-0.39, 0.29) is 0 Å². The zero-order valence-corrected chi connectivity index (χ0v) is 15.1. The van der Waals surface area contributed by atoms with E-state index in [1.54, 1.807) is 17.1 Å². The molecule has 0 bridgehead atoms. The number of aliphatic imine (C=N–C) groups is 1. The molecule has 0 aliphatic heterocycles. The Labute approximate surface area is 149 Å². The van der Waals surface area contributed by atoms with Gasteiger partial charge in [0.05, 0.1) is 13.1 Å². The van der Waals surface area contributed by atoms with Gasteiger partial charge in [-0.25, -0.2) is 9.98 Å². The number of aromatic nitrogens is 3. The Bertz CT molecular complexity index is 709. The summed E-state index contributed by atoms with van der Waals surface area (Å²) in [5.41, 5.74) is 1.03. The largest absolute Gasteiger partial charge is 0.489 e. The molecule has 7 nitrogen and oxygen atoms in total. The van der Waals surface area contributed by atoms with E-state index < -0.39 is 0 Å². The van der Waals surface area contributed by atoms with Crippen LogP contribution in [-0.4, -0.2) is 45.8 Å². The fourth-order valence-electron chi connectivity index (χ4n) is 2.30. The van der Waals surface area contributed by atoms with E-state index in [1.807, 2.05) is 50.2 Å². The molecule has 1 aromatic heterocycles. The van der Waals surface area contributed by atoms with Gasteiger partial charge in [-0.3, -0.25) is 4.68 Å². The van der Waals surface area contributed by atoms with Crippen LogP contribution in [0.4, 0.5) is 0 Å². The number of aryl methyl sites for hydroxylation is 1. The summed E-state index contributed by atoms with van der Waals surface area (Å²) in [5.74, 6) is 2.52. The van der Waals surface area contributed by atoms with Crippen LogP contribution in [0.3, 0.4) is 0 Å². The van der Waals surface area contributed by atoms with E-state index >= 15 is 0 Å². The van der Waals surface area contributed by atoms with Gasteiger partial charge in [-0.05, 0) is 13.0 Å². The van der Waals surface area contributed by atoms with Crippen molar-refractivity contribution in [2.24, 2.45) is 12.0 Å². The first-order valence-electron chi connectivity index (χ1n) is 8.29. The van der Waals surface area contributed by atoms with Crippen molar-refractivity contribution >= 4 is 5.96 Å². The van der Waals surface area contributed by atoms with Crippen LogP contribution in [0.15, 0.2) is 48.2 Å². The number of ether oxygens (including phenoxy) is 1. The summed E-state index contributed by atoms with van der Waals surface area (Å²) in [4.78, 5) is 11.0. The number of benzene rings is 1. The van der Waals surface area contributed by atoms with Crippen molar-refractivity contribution in [3.8, 4) is 5.75 Å². The summed E-state index contributed by atoms with van der Waals surface area (Å²) < 4.78 is 7.46. The second-order valence-electron chi connectivity index (χ2n) is 5.53. The summed E-state index contributed by atoms with van der Waals surface area (Å²) in [6.45, 7) is 8.15. The minimum absolute atomic E-state index is 0.479. The first-order valence-corrected chi connectivity index (χ1v) is 8.29. The van der Waals surface area contributed by atoms with Crippen LogP contribution in [0, 0.1) is 0 Å². The Morgan fingerprint density at radius 2 is 2.24 bits per heavy atom. The predicted molar refractivity (Wildman–Crippen MR) is 99.4 cm³/mol. The van der Waals surface area contributed by atoms with Crippen LogP contribution in [-0.2, 0) is 20.1 Å². The molecule has 0 radical (unpaired) electrons. The number of hydrogen-bond donors (Lipinski definition) is 1. The van der Waals surface area contributed by atoms with Gasteiger partial charge < -0.3 is 15.0 Å². The van der Waals surface area contributed by atoms with Crippen molar-refractivity contribution in [3.05, 3.63) is 54.6 Å². The molecule has 1 N–H and O–H groups in total. The maximum atomic E-state index is 5.70. The lowest BCUT2D eigenvalue weighted by Gasteiger charge is -2.21. The number of nitrogens with one attached hydrogen (secondary N) is 1. The Morgan fingerprint density at radius 1 is 1.44 bits per heavy atom. The number of guanidine groups is 1. The molecule has 0 saturated heterocycles. The first kappa shape index (κ1) is 18.5. The highest BCUT2D eigenvalue weighted by Crippen LogP contribution is 2.19. The number of para-hydroxylation sites is 1. The number of rotatable bonds is 8. The minimum Gasteiger partial charge on any atom is -0.489 e. The standard InChI is InChI=1S/C18H26N6O/c1-5-11-25-16-10-8-7-9-15(16)12-20-18(19-6-2)23(3)13-17-21-14-22-24(17)4/h5,7-10,14H,1,6,11-13H2,2-4H3,(H,19,20). The first-order chi connectivity index (χ1) is 12.2. The average Bonchev–Trinajstić information content (AvgIpc) is 3.02. The quantitative estimate of drug-likeness (QED) is 0.451. The Balaban J connectivity index is 2.11. The molecule has 0 atom stereocenters. The normalized spacial score (nSPS) is 11.2. The van der Waals surface area contributed by atoms with Gasteiger partial charge >= 0.3 is 0 Å². The third kappa shape index (κ3) is 5.34. The van der Waals surface area contributed by atoms with Crippen molar-refractivity contribution in [3.63, 3.8) is 0 Å². The molecular weight excluding hydrogens is 316 g/mol. The molecule has 0 aliphatic carbocycles. The van der Waals surface area contributed by atoms with Gasteiger partial charge in [0.2, 0.25) is 0 Å². The van der Waals surface area contributed by atoms with Crippen LogP contribution < -0.4 is 10.1 Å². The summed E-state index contributed by atoms with van der Waals surface area (Å²) in [6.07, 6.45) is 3.29. The van der Waals surface area contributed by atoms with Crippen molar-refractivity contribution in [2.45, 2.75) is 20.0 Å². The Morgan fingerprint density at radius 3 is 2.92 bits per heavy atom. The monoisotopic (exact) mass is 342 g/mol. The third-order valence-corrected chi connectivity index (χ3v) is 3.61. The van der Waals surface area contributed by atoms with Crippen molar-refractivity contribution < 1.29 is 4.74 Å². The zero-order valence-electron chi connectivity index (χ0n) is 15.1. The molecule has 0 amide bonds. The summed E-state index contributed by atoms with van der Waals surface area (Å²) in [5, 5.41) is 7.41. The molecule has 25 heavy (non-hydrogen) atoms. The van der Waals surface area contributed by atoms with E-state index in [0.29, 0.717) is 19.7 Å². The highest BCUT2D eigenvalue weighted by Gasteiger charge is 2.10. The van der Waals surface area contributed by atoms with Gasteiger partial charge in [0, 0.05) is 26.2 Å². The van der Waals surface area contributed by atoms with E-state index in [0.717, 1.165) is 29.6 Å². The van der Waals surface area contributed by atoms with Crippen LogP contribution in [0.25, 0.3) is 0 Å². The summed E-state index contributed by atoms with van der Waals surface area (Å²) in [6, 6.07) is 7.91. The maximum Gasteiger partial charge on any atom is 0.194 e. The third-order valence-electron chi connectivity index (χ3n) is 3.61. The maximum absolute atomic E-state index is 5.70. The highest BCUT2D eigenvalue weighted by molar-refractivity contribution is 5.79. The van der Waals surface area contributed by atoms with Gasteiger partial charge in [0.25, 0.3) is 0 Å². The Kier molecular flexibility index (Phi) is 7.00. The van der Waals surface area contributed by atoms with Crippen LogP contribution >= 0.6 is 0 Å².